The van der Waals surface area contributed by atoms with Gasteiger partial charge in [-0.25, -0.2) is 4.98 Å². The standard InChI is InChI=1S/C18H19N5O2S/c1-3-16-22-17(23-25-16)13-7-6-10-20-18(13)26-11-15(24)21-12(2)14-8-4-5-9-19-14/h4-10,12H,3,11H2,1-2H3,(H,21,24)/t12-/m0/s1. The van der Waals surface area contributed by atoms with E-state index in [0.29, 0.717) is 23.2 Å². The largest absolute Gasteiger partial charge is 0.347 e. The van der Waals surface area contributed by atoms with E-state index in [1.807, 2.05) is 44.2 Å². The van der Waals surface area contributed by atoms with Crippen molar-refractivity contribution in [1.82, 2.24) is 25.4 Å². The Morgan fingerprint density at radius 1 is 1.23 bits per heavy atom. The zero-order valence-corrected chi connectivity index (χ0v) is 15.4. The van der Waals surface area contributed by atoms with Gasteiger partial charge in [-0.15, -0.1) is 0 Å². The van der Waals surface area contributed by atoms with Crippen LogP contribution in [0.25, 0.3) is 11.4 Å². The maximum Gasteiger partial charge on any atom is 0.230 e. The summed E-state index contributed by atoms with van der Waals surface area (Å²) in [5.74, 6) is 1.20. The molecule has 1 amide bonds. The van der Waals surface area contributed by atoms with E-state index in [9.17, 15) is 4.79 Å². The van der Waals surface area contributed by atoms with Gasteiger partial charge in [-0.2, -0.15) is 4.98 Å². The van der Waals surface area contributed by atoms with Crippen molar-refractivity contribution >= 4 is 17.7 Å². The number of carbonyl (C=O) groups is 1. The molecule has 3 aromatic rings. The molecule has 1 N–H and O–H groups in total. The Morgan fingerprint density at radius 3 is 2.81 bits per heavy atom. The molecule has 3 heterocycles. The van der Waals surface area contributed by atoms with Crippen LogP contribution in [0.5, 0.6) is 0 Å². The van der Waals surface area contributed by atoms with Gasteiger partial charge in [0.05, 0.1) is 23.1 Å². The van der Waals surface area contributed by atoms with Gasteiger partial charge in [-0.05, 0) is 31.2 Å². The van der Waals surface area contributed by atoms with Crippen LogP contribution in [0.15, 0.2) is 52.3 Å². The molecule has 7 nitrogen and oxygen atoms in total. The normalized spacial score (nSPS) is 11.9. The van der Waals surface area contributed by atoms with Crippen molar-refractivity contribution in [1.29, 1.82) is 0 Å². The van der Waals surface area contributed by atoms with Gasteiger partial charge in [0.25, 0.3) is 0 Å². The summed E-state index contributed by atoms with van der Waals surface area (Å²) in [4.78, 5) is 25.2. The fourth-order valence-corrected chi connectivity index (χ4v) is 3.11. The summed E-state index contributed by atoms with van der Waals surface area (Å²) >= 11 is 1.34. The third-order valence-electron chi connectivity index (χ3n) is 3.63. The first kappa shape index (κ1) is 18.1. The topological polar surface area (TPSA) is 93.8 Å². The van der Waals surface area contributed by atoms with Gasteiger partial charge < -0.3 is 9.84 Å². The maximum absolute atomic E-state index is 12.3. The predicted molar refractivity (Wildman–Crippen MR) is 98.4 cm³/mol. The number of aryl methyl sites for hydroxylation is 1. The molecule has 0 aliphatic carbocycles. The molecular formula is C18H19N5O2S. The predicted octanol–water partition coefficient (Wildman–Crippen LogP) is 3.06. The van der Waals surface area contributed by atoms with Crippen molar-refractivity contribution in [3.05, 3.63) is 54.3 Å². The van der Waals surface area contributed by atoms with Gasteiger partial charge >= 0.3 is 0 Å². The average Bonchev–Trinajstić information content (AvgIpc) is 3.16. The Kier molecular flexibility index (Phi) is 5.96. The van der Waals surface area contributed by atoms with Crippen molar-refractivity contribution in [2.24, 2.45) is 0 Å². The van der Waals surface area contributed by atoms with Crippen molar-refractivity contribution in [2.45, 2.75) is 31.3 Å². The first-order valence-corrected chi connectivity index (χ1v) is 9.27. The van der Waals surface area contributed by atoms with E-state index in [4.69, 9.17) is 4.52 Å². The monoisotopic (exact) mass is 369 g/mol. The number of pyridine rings is 2. The number of aromatic nitrogens is 4. The van der Waals surface area contributed by atoms with Crippen molar-refractivity contribution < 1.29 is 9.32 Å². The minimum atomic E-state index is -0.156. The molecule has 0 aliphatic heterocycles. The average molecular weight is 369 g/mol. The highest BCUT2D eigenvalue weighted by Crippen LogP contribution is 2.27. The second-order valence-electron chi connectivity index (χ2n) is 5.55. The second kappa shape index (κ2) is 8.57. The van der Waals surface area contributed by atoms with Gasteiger partial charge in [0, 0.05) is 18.8 Å². The number of nitrogens with zero attached hydrogens (tertiary/aromatic N) is 4. The maximum atomic E-state index is 12.3. The third-order valence-corrected chi connectivity index (χ3v) is 4.64. The van der Waals surface area contributed by atoms with Crippen LogP contribution in [0.2, 0.25) is 0 Å². The molecule has 0 aliphatic rings. The molecular weight excluding hydrogens is 350 g/mol. The summed E-state index contributed by atoms with van der Waals surface area (Å²) in [5.41, 5.74) is 1.58. The van der Waals surface area contributed by atoms with Gasteiger partial charge in [0.2, 0.25) is 17.6 Å². The van der Waals surface area contributed by atoms with E-state index < -0.39 is 0 Å². The van der Waals surface area contributed by atoms with Crippen molar-refractivity contribution in [3.8, 4) is 11.4 Å². The Morgan fingerprint density at radius 2 is 2.08 bits per heavy atom. The summed E-state index contributed by atoms with van der Waals surface area (Å²) in [7, 11) is 0. The number of amides is 1. The number of carbonyl (C=O) groups excluding carboxylic acids is 1. The molecule has 0 aromatic carbocycles. The first-order chi connectivity index (χ1) is 12.7. The third kappa shape index (κ3) is 4.45. The SMILES string of the molecule is CCc1nc(-c2cccnc2SCC(=O)N[C@@H](C)c2ccccn2)no1. The number of hydrogen-bond acceptors (Lipinski definition) is 7. The molecule has 3 rings (SSSR count). The molecule has 26 heavy (non-hydrogen) atoms. The molecule has 0 spiro atoms. The summed E-state index contributed by atoms with van der Waals surface area (Å²) < 4.78 is 5.17. The van der Waals surface area contributed by atoms with Gasteiger partial charge in [0.1, 0.15) is 5.03 Å². The number of thioether (sulfide) groups is 1. The fourth-order valence-electron chi connectivity index (χ4n) is 2.31. The Hall–Kier alpha value is -2.74. The van der Waals surface area contributed by atoms with E-state index in [-0.39, 0.29) is 17.7 Å². The molecule has 3 aromatic heterocycles. The molecule has 1 atom stereocenters. The van der Waals surface area contributed by atoms with E-state index in [1.54, 1.807) is 12.4 Å². The number of rotatable bonds is 7. The van der Waals surface area contributed by atoms with Gasteiger partial charge in [-0.1, -0.05) is 29.9 Å². The molecule has 0 saturated heterocycles. The minimum Gasteiger partial charge on any atom is -0.347 e. The Balaban J connectivity index is 1.63. The zero-order valence-electron chi connectivity index (χ0n) is 14.5. The van der Waals surface area contributed by atoms with Crippen molar-refractivity contribution in [2.75, 3.05) is 5.75 Å². The summed E-state index contributed by atoms with van der Waals surface area (Å²) in [6.45, 7) is 3.85. The van der Waals surface area contributed by atoms with Crippen LogP contribution in [0, 0.1) is 0 Å². The van der Waals surface area contributed by atoms with Crippen LogP contribution < -0.4 is 5.32 Å². The molecule has 134 valence electrons. The van der Waals surface area contributed by atoms with E-state index >= 15 is 0 Å². The van der Waals surface area contributed by atoms with Crippen LogP contribution >= 0.6 is 11.8 Å². The van der Waals surface area contributed by atoms with E-state index in [2.05, 4.69) is 25.4 Å². The van der Waals surface area contributed by atoms with Crippen molar-refractivity contribution in [3.63, 3.8) is 0 Å². The lowest BCUT2D eigenvalue weighted by atomic mass is 10.2. The highest BCUT2D eigenvalue weighted by atomic mass is 32.2. The lowest BCUT2D eigenvalue weighted by Gasteiger charge is -2.13. The van der Waals surface area contributed by atoms with Crippen LogP contribution in [0.3, 0.4) is 0 Å². The molecule has 0 radical (unpaired) electrons. The van der Waals surface area contributed by atoms with Crippen LogP contribution in [-0.4, -0.2) is 31.8 Å². The van der Waals surface area contributed by atoms with Crippen LogP contribution in [0.1, 0.15) is 31.5 Å². The van der Waals surface area contributed by atoms with Gasteiger partial charge in [0.15, 0.2) is 0 Å². The van der Waals surface area contributed by atoms with Gasteiger partial charge in [-0.3, -0.25) is 9.78 Å². The quantitative estimate of drug-likeness (QED) is 0.640. The smallest absolute Gasteiger partial charge is 0.230 e. The van der Waals surface area contributed by atoms with Crippen LogP contribution in [0.4, 0.5) is 0 Å². The fraction of sp³-hybridized carbons (Fsp3) is 0.278. The summed E-state index contributed by atoms with van der Waals surface area (Å²) in [5, 5.41) is 7.62. The first-order valence-electron chi connectivity index (χ1n) is 8.28. The highest BCUT2D eigenvalue weighted by Gasteiger charge is 2.15. The lowest BCUT2D eigenvalue weighted by molar-refractivity contribution is -0.119. The molecule has 0 fully saturated rings. The Bertz CT molecular complexity index is 869. The summed E-state index contributed by atoms with van der Waals surface area (Å²) in [6, 6.07) is 9.15. The molecule has 0 saturated carbocycles. The Labute approximate surface area is 155 Å². The van der Waals surface area contributed by atoms with E-state index in [1.165, 1.54) is 11.8 Å². The van der Waals surface area contributed by atoms with Crippen LogP contribution in [-0.2, 0) is 11.2 Å². The molecule has 8 heteroatoms. The minimum absolute atomic E-state index is 0.0906. The van der Waals surface area contributed by atoms with E-state index in [0.717, 1.165) is 11.3 Å². The lowest BCUT2D eigenvalue weighted by Crippen LogP contribution is -2.28. The highest BCUT2D eigenvalue weighted by molar-refractivity contribution is 8.00. The molecule has 0 unspecified atom stereocenters. The second-order valence-corrected chi connectivity index (χ2v) is 6.52. The molecule has 0 bridgehead atoms. The number of nitrogens with one attached hydrogen (secondary N) is 1. The zero-order chi connectivity index (χ0) is 18.4. The summed E-state index contributed by atoms with van der Waals surface area (Å²) in [6.07, 6.45) is 4.06. The number of hydrogen-bond donors (Lipinski definition) is 1.